The fourth-order valence-corrected chi connectivity index (χ4v) is 2.64. The van der Waals surface area contributed by atoms with Crippen LogP contribution in [0.25, 0.3) is 5.69 Å². The summed E-state index contributed by atoms with van der Waals surface area (Å²) in [6.07, 6.45) is -4.09. The Hall–Kier alpha value is -3.33. The lowest BCUT2D eigenvalue weighted by molar-refractivity contribution is -0.141. The van der Waals surface area contributed by atoms with Gasteiger partial charge in [-0.25, -0.2) is 0 Å². The Bertz CT molecular complexity index is 1050. The Balaban J connectivity index is 1.80. The molecule has 0 atom stereocenters. The molecule has 0 bridgehead atoms. The number of hydrogen-bond donors (Lipinski definition) is 1. The van der Waals surface area contributed by atoms with E-state index in [1.807, 2.05) is 0 Å². The summed E-state index contributed by atoms with van der Waals surface area (Å²) in [5, 5.41) is 6.16. The molecule has 6 nitrogen and oxygen atoms in total. The third-order valence-corrected chi connectivity index (χ3v) is 4.02. The standard InChI is InChI=1S/C19H13ClF3N3O3/c20-14-6-1-2-7-15(14)26-18(9-16(25-26)19(21,22)23)29-11-17(28)24-13-5-3-4-12(8-13)10-27/h1-10H,11H2,(H,24,28). The highest BCUT2D eigenvalue weighted by Gasteiger charge is 2.36. The van der Waals surface area contributed by atoms with E-state index >= 15 is 0 Å². The van der Waals surface area contributed by atoms with Crippen molar-refractivity contribution in [1.82, 2.24) is 9.78 Å². The molecule has 3 rings (SSSR count). The SMILES string of the molecule is O=Cc1cccc(NC(=O)COc2cc(C(F)(F)F)nn2-c2ccccc2Cl)c1. The lowest BCUT2D eigenvalue weighted by Crippen LogP contribution is -2.21. The smallest absolute Gasteiger partial charge is 0.435 e. The molecule has 1 N–H and O–H groups in total. The summed E-state index contributed by atoms with van der Waals surface area (Å²) in [6.45, 7) is -0.585. The average molecular weight is 424 g/mol. The summed E-state index contributed by atoms with van der Waals surface area (Å²) in [7, 11) is 0. The van der Waals surface area contributed by atoms with Gasteiger partial charge in [0.15, 0.2) is 12.3 Å². The molecule has 29 heavy (non-hydrogen) atoms. The minimum atomic E-state index is -4.71. The quantitative estimate of drug-likeness (QED) is 0.597. The summed E-state index contributed by atoms with van der Waals surface area (Å²) in [6, 6.07) is 13.0. The molecular formula is C19H13ClF3N3O3. The van der Waals surface area contributed by atoms with Crippen molar-refractivity contribution < 1.29 is 27.5 Å². The molecule has 0 aliphatic rings. The zero-order valence-corrected chi connectivity index (χ0v) is 15.4. The number of rotatable bonds is 6. The third kappa shape index (κ3) is 4.94. The van der Waals surface area contributed by atoms with Crippen LogP contribution >= 0.6 is 11.6 Å². The molecule has 1 amide bonds. The van der Waals surface area contributed by atoms with Crippen LogP contribution in [0.5, 0.6) is 5.88 Å². The molecule has 2 aromatic carbocycles. The number of aromatic nitrogens is 2. The van der Waals surface area contributed by atoms with Gasteiger partial charge in [0.25, 0.3) is 5.91 Å². The number of aldehydes is 1. The van der Waals surface area contributed by atoms with Crippen molar-refractivity contribution in [3.05, 3.63) is 70.9 Å². The van der Waals surface area contributed by atoms with Crippen molar-refractivity contribution in [2.24, 2.45) is 0 Å². The normalized spacial score (nSPS) is 11.2. The number of halogens is 4. The summed E-state index contributed by atoms with van der Waals surface area (Å²) in [5.41, 5.74) is -0.320. The number of nitrogens with zero attached hydrogens (tertiary/aromatic N) is 2. The van der Waals surface area contributed by atoms with Gasteiger partial charge < -0.3 is 10.1 Å². The van der Waals surface area contributed by atoms with Crippen molar-refractivity contribution >= 4 is 29.5 Å². The Kier molecular flexibility index (Phi) is 5.88. The maximum atomic E-state index is 13.1. The number of amides is 1. The Morgan fingerprint density at radius 3 is 2.62 bits per heavy atom. The lowest BCUT2D eigenvalue weighted by atomic mass is 10.2. The maximum absolute atomic E-state index is 13.1. The lowest BCUT2D eigenvalue weighted by Gasteiger charge is -2.11. The van der Waals surface area contributed by atoms with Crippen LogP contribution in [-0.4, -0.2) is 28.6 Å². The molecule has 0 fully saturated rings. The summed E-state index contributed by atoms with van der Waals surface area (Å²) >= 11 is 6.05. The van der Waals surface area contributed by atoms with Gasteiger partial charge in [-0.3, -0.25) is 9.59 Å². The molecule has 0 radical (unpaired) electrons. The molecule has 0 aliphatic carbocycles. The van der Waals surface area contributed by atoms with Gasteiger partial charge in [-0.15, -0.1) is 0 Å². The number of para-hydroxylation sites is 1. The van der Waals surface area contributed by atoms with Crippen LogP contribution in [0.3, 0.4) is 0 Å². The van der Waals surface area contributed by atoms with E-state index in [2.05, 4.69) is 10.4 Å². The average Bonchev–Trinajstić information content (AvgIpc) is 3.11. The molecule has 1 aromatic heterocycles. The molecule has 0 aliphatic heterocycles. The van der Waals surface area contributed by atoms with Crippen LogP contribution in [0, 0.1) is 0 Å². The predicted molar refractivity (Wildman–Crippen MR) is 99.5 cm³/mol. The first-order chi connectivity index (χ1) is 13.8. The highest BCUT2D eigenvalue weighted by atomic mass is 35.5. The van der Waals surface area contributed by atoms with E-state index in [9.17, 15) is 22.8 Å². The molecule has 0 saturated carbocycles. The van der Waals surface area contributed by atoms with Crippen molar-refractivity contribution in [2.75, 3.05) is 11.9 Å². The monoisotopic (exact) mass is 423 g/mol. The molecule has 0 saturated heterocycles. The Morgan fingerprint density at radius 1 is 1.17 bits per heavy atom. The Labute approximate surface area is 167 Å². The number of ether oxygens (including phenoxy) is 1. The minimum Gasteiger partial charge on any atom is -0.467 e. The second kappa shape index (κ2) is 8.36. The number of nitrogens with one attached hydrogen (secondary N) is 1. The number of hydrogen-bond acceptors (Lipinski definition) is 4. The van der Waals surface area contributed by atoms with Gasteiger partial charge >= 0.3 is 6.18 Å². The summed E-state index contributed by atoms with van der Waals surface area (Å²) in [5.74, 6) is -0.935. The van der Waals surface area contributed by atoms with Crippen molar-refractivity contribution in [1.29, 1.82) is 0 Å². The van der Waals surface area contributed by atoms with E-state index in [-0.39, 0.29) is 16.6 Å². The summed E-state index contributed by atoms with van der Waals surface area (Å²) in [4.78, 5) is 22.9. The van der Waals surface area contributed by atoms with Crippen LogP contribution < -0.4 is 10.1 Å². The highest BCUT2D eigenvalue weighted by molar-refractivity contribution is 6.32. The van der Waals surface area contributed by atoms with Gasteiger partial charge in [0.1, 0.15) is 6.29 Å². The molecule has 10 heteroatoms. The van der Waals surface area contributed by atoms with Gasteiger partial charge in [0.05, 0.1) is 10.7 Å². The number of anilines is 1. The number of carbonyl (C=O) groups is 2. The molecule has 1 heterocycles. The maximum Gasteiger partial charge on any atom is 0.435 e. The third-order valence-electron chi connectivity index (χ3n) is 3.71. The number of alkyl halides is 3. The molecular weight excluding hydrogens is 411 g/mol. The number of carbonyl (C=O) groups excluding carboxylic acids is 2. The van der Waals surface area contributed by atoms with Crippen molar-refractivity contribution in [3.63, 3.8) is 0 Å². The van der Waals surface area contributed by atoms with Crippen LogP contribution in [0.15, 0.2) is 54.6 Å². The fourth-order valence-electron chi connectivity index (χ4n) is 2.43. The fraction of sp³-hybridized carbons (Fsp3) is 0.105. The van der Waals surface area contributed by atoms with E-state index in [1.165, 1.54) is 18.2 Å². The topological polar surface area (TPSA) is 73.2 Å². The van der Waals surface area contributed by atoms with Crippen LogP contribution in [-0.2, 0) is 11.0 Å². The van der Waals surface area contributed by atoms with Gasteiger partial charge in [0, 0.05) is 17.3 Å². The predicted octanol–water partition coefficient (Wildman–Crippen LogP) is 4.37. The second-order valence-electron chi connectivity index (χ2n) is 5.81. The van der Waals surface area contributed by atoms with Crippen molar-refractivity contribution in [2.45, 2.75) is 6.18 Å². The molecule has 0 spiro atoms. The van der Waals surface area contributed by atoms with Crippen LogP contribution in [0.4, 0.5) is 18.9 Å². The Morgan fingerprint density at radius 2 is 1.93 bits per heavy atom. The first-order valence-corrected chi connectivity index (χ1v) is 8.56. The second-order valence-corrected chi connectivity index (χ2v) is 6.22. The molecule has 0 unspecified atom stereocenters. The van der Waals surface area contributed by atoms with Gasteiger partial charge in [-0.05, 0) is 24.3 Å². The van der Waals surface area contributed by atoms with E-state index in [0.29, 0.717) is 23.6 Å². The molecule has 3 aromatic rings. The van der Waals surface area contributed by atoms with Crippen LogP contribution in [0.2, 0.25) is 5.02 Å². The number of benzene rings is 2. The van der Waals surface area contributed by atoms with Gasteiger partial charge in [-0.1, -0.05) is 35.9 Å². The molecule has 150 valence electrons. The summed E-state index contributed by atoms with van der Waals surface area (Å²) < 4.78 is 45.4. The van der Waals surface area contributed by atoms with Crippen LogP contribution in [0.1, 0.15) is 16.1 Å². The van der Waals surface area contributed by atoms with Gasteiger partial charge in [0.2, 0.25) is 5.88 Å². The highest BCUT2D eigenvalue weighted by Crippen LogP contribution is 2.33. The zero-order valence-electron chi connectivity index (χ0n) is 14.6. The minimum absolute atomic E-state index is 0.157. The zero-order chi connectivity index (χ0) is 21.0. The first kappa shape index (κ1) is 20.4. The van der Waals surface area contributed by atoms with E-state index in [1.54, 1.807) is 30.3 Å². The van der Waals surface area contributed by atoms with Gasteiger partial charge in [-0.2, -0.15) is 23.0 Å². The first-order valence-electron chi connectivity index (χ1n) is 8.18. The van der Waals surface area contributed by atoms with E-state index < -0.39 is 24.4 Å². The largest absolute Gasteiger partial charge is 0.467 e. The van der Waals surface area contributed by atoms with E-state index in [4.69, 9.17) is 16.3 Å². The van der Waals surface area contributed by atoms with E-state index in [0.717, 1.165) is 4.68 Å². The van der Waals surface area contributed by atoms with Crippen molar-refractivity contribution in [3.8, 4) is 11.6 Å².